The van der Waals surface area contributed by atoms with E-state index in [9.17, 15) is 18.0 Å². The van der Waals surface area contributed by atoms with Crippen LogP contribution in [0.4, 0.5) is 5.69 Å². The van der Waals surface area contributed by atoms with Gasteiger partial charge in [-0.05, 0) is 62.1 Å². The van der Waals surface area contributed by atoms with Gasteiger partial charge >= 0.3 is 0 Å². The van der Waals surface area contributed by atoms with Gasteiger partial charge in [-0.2, -0.15) is 0 Å². The van der Waals surface area contributed by atoms with Gasteiger partial charge in [0.2, 0.25) is 21.8 Å². The number of nitrogens with one attached hydrogen (secondary N) is 1. The number of halogens is 2. The predicted molar refractivity (Wildman–Crippen MR) is 147 cm³/mol. The Morgan fingerprint density at radius 3 is 2.19 bits per heavy atom. The molecular weight excluding hydrogens is 521 g/mol. The van der Waals surface area contributed by atoms with Crippen LogP contribution in [0, 0.1) is 13.8 Å². The Morgan fingerprint density at radius 1 is 1.03 bits per heavy atom. The summed E-state index contributed by atoms with van der Waals surface area (Å²) in [5.41, 5.74) is 2.77. The Kier molecular flexibility index (Phi) is 11.1. The number of sulfonamides is 1. The minimum atomic E-state index is -3.80. The highest BCUT2D eigenvalue weighted by atomic mass is 35.5. The maximum Gasteiger partial charge on any atom is 0.244 e. The summed E-state index contributed by atoms with van der Waals surface area (Å²) in [6.45, 7) is 7.59. The molecule has 0 aliphatic heterocycles. The van der Waals surface area contributed by atoms with Crippen molar-refractivity contribution in [3.8, 4) is 0 Å². The van der Waals surface area contributed by atoms with Gasteiger partial charge in [-0.3, -0.25) is 13.9 Å². The van der Waals surface area contributed by atoms with E-state index in [1.54, 1.807) is 37.3 Å². The van der Waals surface area contributed by atoms with Crippen LogP contribution in [0.5, 0.6) is 0 Å². The van der Waals surface area contributed by atoms with Gasteiger partial charge in [0, 0.05) is 28.7 Å². The van der Waals surface area contributed by atoms with E-state index in [1.165, 1.54) is 4.90 Å². The Labute approximate surface area is 224 Å². The number of amides is 2. The molecule has 36 heavy (non-hydrogen) atoms. The number of unbranched alkanes of at least 4 members (excludes halogenated alkanes) is 1. The summed E-state index contributed by atoms with van der Waals surface area (Å²) < 4.78 is 26.5. The Bertz CT molecular complexity index is 1170. The number of hydrogen-bond donors (Lipinski definition) is 1. The molecule has 0 aliphatic rings. The third kappa shape index (κ3) is 7.85. The molecule has 2 aromatic carbocycles. The lowest BCUT2D eigenvalue weighted by Crippen LogP contribution is -2.52. The van der Waals surface area contributed by atoms with Gasteiger partial charge in [-0.1, -0.05) is 55.6 Å². The molecule has 0 saturated carbocycles. The molecule has 10 heteroatoms. The smallest absolute Gasteiger partial charge is 0.244 e. The molecule has 0 bridgehead atoms. The fraction of sp³-hybridized carbons (Fsp3) is 0.462. The van der Waals surface area contributed by atoms with E-state index in [0.29, 0.717) is 34.3 Å². The Morgan fingerprint density at radius 2 is 1.67 bits per heavy atom. The Balaban J connectivity index is 2.48. The van der Waals surface area contributed by atoms with Gasteiger partial charge in [-0.15, -0.1) is 0 Å². The monoisotopic (exact) mass is 555 g/mol. The van der Waals surface area contributed by atoms with E-state index in [0.717, 1.165) is 34.5 Å². The summed E-state index contributed by atoms with van der Waals surface area (Å²) >= 11 is 12.8. The summed E-state index contributed by atoms with van der Waals surface area (Å²) in [7, 11) is -3.80. The number of nitrogens with zero attached hydrogens (tertiary/aromatic N) is 2. The van der Waals surface area contributed by atoms with E-state index in [2.05, 4.69) is 5.32 Å². The summed E-state index contributed by atoms with van der Waals surface area (Å²) in [4.78, 5) is 28.2. The second-order valence-electron chi connectivity index (χ2n) is 8.83. The number of carbonyl (C=O) groups is 2. The molecule has 1 N–H and O–H groups in total. The highest BCUT2D eigenvalue weighted by Crippen LogP contribution is 2.28. The highest BCUT2D eigenvalue weighted by Gasteiger charge is 2.32. The van der Waals surface area contributed by atoms with E-state index in [-0.39, 0.29) is 12.5 Å². The number of rotatable bonds is 12. The molecule has 7 nitrogen and oxygen atoms in total. The first-order valence-electron chi connectivity index (χ1n) is 12.0. The zero-order valence-electron chi connectivity index (χ0n) is 21.5. The molecular formula is C26H35Cl2N3O4S. The van der Waals surface area contributed by atoms with Crippen molar-refractivity contribution in [1.82, 2.24) is 10.2 Å². The molecule has 0 aliphatic carbocycles. The highest BCUT2D eigenvalue weighted by molar-refractivity contribution is 7.92. The number of benzene rings is 2. The second kappa shape index (κ2) is 13.3. The fourth-order valence-electron chi connectivity index (χ4n) is 3.77. The second-order valence-corrected chi connectivity index (χ2v) is 11.5. The molecule has 2 rings (SSSR count). The molecule has 0 radical (unpaired) electrons. The summed E-state index contributed by atoms with van der Waals surface area (Å²) in [6.07, 6.45) is 3.10. The zero-order chi connectivity index (χ0) is 27.0. The predicted octanol–water partition coefficient (Wildman–Crippen LogP) is 5.10. The maximum atomic E-state index is 13.7. The van der Waals surface area contributed by atoms with Gasteiger partial charge in [0.05, 0.1) is 11.9 Å². The first kappa shape index (κ1) is 29.9. The van der Waals surface area contributed by atoms with Gasteiger partial charge < -0.3 is 10.2 Å². The SMILES string of the molecule is CCCCNC(=O)[C@@H](CC)N(Cc1c(Cl)cccc1Cl)C(=O)CN(c1ccc(C)c(C)c1)S(C)(=O)=O. The van der Waals surface area contributed by atoms with Crippen molar-refractivity contribution < 1.29 is 18.0 Å². The molecule has 198 valence electrons. The molecule has 0 heterocycles. The molecule has 0 saturated heterocycles. The van der Waals surface area contributed by atoms with Crippen molar-refractivity contribution in [2.75, 3.05) is 23.7 Å². The van der Waals surface area contributed by atoms with Crippen molar-refractivity contribution in [2.24, 2.45) is 0 Å². The third-order valence-electron chi connectivity index (χ3n) is 6.06. The largest absolute Gasteiger partial charge is 0.354 e. The summed E-state index contributed by atoms with van der Waals surface area (Å²) in [5, 5.41) is 3.60. The van der Waals surface area contributed by atoms with E-state index in [4.69, 9.17) is 23.2 Å². The maximum absolute atomic E-state index is 13.7. The van der Waals surface area contributed by atoms with Crippen molar-refractivity contribution in [3.05, 3.63) is 63.1 Å². The Hall–Kier alpha value is -2.29. The van der Waals surface area contributed by atoms with Crippen LogP contribution in [0.1, 0.15) is 49.8 Å². The minimum absolute atomic E-state index is 0.0401. The topological polar surface area (TPSA) is 86.8 Å². The van der Waals surface area contributed by atoms with Crippen LogP contribution in [0.3, 0.4) is 0 Å². The molecule has 0 fully saturated rings. The lowest BCUT2D eigenvalue weighted by molar-refractivity contribution is -0.140. The van der Waals surface area contributed by atoms with Crippen molar-refractivity contribution >= 4 is 50.7 Å². The van der Waals surface area contributed by atoms with Crippen LogP contribution < -0.4 is 9.62 Å². The fourth-order valence-corrected chi connectivity index (χ4v) is 5.13. The van der Waals surface area contributed by atoms with Crippen LogP contribution in [0.25, 0.3) is 0 Å². The van der Waals surface area contributed by atoms with Crippen molar-refractivity contribution in [1.29, 1.82) is 0 Å². The van der Waals surface area contributed by atoms with Crippen LogP contribution in [-0.4, -0.2) is 50.5 Å². The average Bonchev–Trinajstić information content (AvgIpc) is 2.80. The summed E-state index contributed by atoms with van der Waals surface area (Å²) in [6, 6.07) is 9.39. The number of aryl methyl sites for hydroxylation is 2. The van der Waals surface area contributed by atoms with Gasteiger partial charge in [0.25, 0.3) is 0 Å². The van der Waals surface area contributed by atoms with Gasteiger partial charge in [-0.25, -0.2) is 8.42 Å². The van der Waals surface area contributed by atoms with Crippen molar-refractivity contribution in [3.63, 3.8) is 0 Å². The van der Waals surface area contributed by atoms with Crippen LogP contribution in [0.15, 0.2) is 36.4 Å². The molecule has 1 atom stereocenters. The number of anilines is 1. The summed E-state index contributed by atoms with van der Waals surface area (Å²) in [5.74, 6) is -0.841. The van der Waals surface area contributed by atoms with Crippen LogP contribution in [0.2, 0.25) is 10.0 Å². The van der Waals surface area contributed by atoms with E-state index < -0.39 is 28.5 Å². The number of hydrogen-bond acceptors (Lipinski definition) is 4. The van der Waals surface area contributed by atoms with Crippen molar-refractivity contribution in [2.45, 2.75) is 59.5 Å². The lowest BCUT2D eigenvalue weighted by atomic mass is 10.1. The first-order valence-corrected chi connectivity index (χ1v) is 14.6. The molecule has 0 unspecified atom stereocenters. The molecule has 2 amide bonds. The first-order chi connectivity index (χ1) is 16.9. The number of carbonyl (C=O) groups excluding carboxylic acids is 2. The zero-order valence-corrected chi connectivity index (χ0v) is 23.8. The molecule has 2 aromatic rings. The van der Waals surface area contributed by atoms with Gasteiger partial charge in [0.15, 0.2) is 0 Å². The lowest BCUT2D eigenvalue weighted by Gasteiger charge is -2.33. The van der Waals surface area contributed by atoms with Gasteiger partial charge in [0.1, 0.15) is 12.6 Å². The standard InChI is InChI=1S/C26H35Cl2N3O4S/c1-6-8-14-29-26(33)24(7-2)30(16-21-22(27)10-9-11-23(21)28)25(32)17-31(36(5,34)35)20-13-12-18(3)19(4)15-20/h9-13,15,24H,6-8,14,16-17H2,1-5H3,(H,29,33)/t24-/m1/s1. The van der Waals surface area contributed by atoms with Crippen LogP contribution in [-0.2, 0) is 26.2 Å². The minimum Gasteiger partial charge on any atom is -0.354 e. The normalized spacial score (nSPS) is 12.2. The molecule has 0 spiro atoms. The third-order valence-corrected chi connectivity index (χ3v) is 7.91. The van der Waals surface area contributed by atoms with E-state index in [1.807, 2.05) is 26.8 Å². The van der Waals surface area contributed by atoms with Crippen LogP contribution >= 0.6 is 23.2 Å². The quantitative estimate of drug-likeness (QED) is 0.369. The van der Waals surface area contributed by atoms with E-state index >= 15 is 0 Å². The molecule has 0 aromatic heterocycles. The average molecular weight is 557 g/mol.